The van der Waals surface area contributed by atoms with Gasteiger partial charge >= 0.3 is 5.97 Å². The van der Waals surface area contributed by atoms with E-state index < -0.39 is 18.2 Å². The van der Waals surface area contributed by atoms with Gasteiger partial charge in [0.05, 0.1) is 20.8 Å². The Balaban J connectivity index is 1.52. The maximum Gasteiger partial charge on any atom is 0.344 e. The van der Waals surface area contributed by atoms with E-state index in [1.165, 1.54) is 19.1 Å². The number of nitrogens with zero attached hydrogens (tertiary/aromatic N) is 1. The van der Waals surface area contributed by atoms with Crippen molar-refractivity contribution >= 4 is 23.5 Å². The van der Waals surface area contributed by atoms with Gasteiger partial charge in [0.15, 0.2) is 11.5 Å². The first kappa shape index (κ1) is 23.4. The maximum atomic E-state index is 13.1. The first-order valence-electron chi connectivity index (χ1n) is 11.3. The lowest BCUT2D eigenvalue weighted by molar-refractivity contribution is -0.144. The number of carbonyl (C=O) groups excluding carboxylic acids is 3. The van der Waals surface area contributed by atoms with E-state index in [1.54, 1.807) is 36.4 Å². The van der Waals surface area contributed by atoms with Crippen LogP contribution in [0.1, 0.15) is 54.8 Å². The van der Waals surface area contributed by atoms with Crippen LogP contribution in [-0.2, 0) is 14.3 Å². The van der Waals surface area contributed by atoms with Crippen molar-refractivity contribution in [1.82, 2.24) is 4.90 Å². The van der Waals surface area contributed by atoms with E-state index >= 15 is 0 Å². The van der Waals surface area contributed by atoms with Gasteiger partial charge in [-0.3, -0.25) is 14.5 Å². The topological polar surface area (TPSA) is 103 Å². The Hall–Kier alpha value is -3.75. The fourth-order valence-corrected chi connectivity index (χ4v) is 4.24. The summed E-state index contributed by atoms with van der Waals surface area (Å²) in [6.07, 6.45) is 1.50. The number of rotatable bonds is 9. The van der Waals surface area contributed by atoms with Gasteiger partial charge in [0, 0.05) is 17.7 Å². The molecule has 0 bridgehead atoms. The number of carbonyl (C=O) groups is 3. The highest BCUT2D eigenvalue weighted by Crippen LogP contribution is 2.45. The van der Waals surface area contributed by atoms with Gasteiger partial charge in [0.25, 0.3) is 0 Å². The number of fused-ring (bicyclic) bond motifs is 1. The monoisotopic (exact) mass is 468 g/mol. The Morgan fingerprint density at radius 2 is 1.88 bits per heavy atom. The summed E-state index contributed by atoms with van der Waals surface area (Å²) in [5.41, 5.74) is 1.25. The van der Waals surface area contributed by atoms with Gasteiger partial charge < -0.3 is 24.3 Å². The van der Waals surface area contributed by atoms with Gasteiger partial charge in [-0.1, -0.05) is 13.3 Å². The molecule has 1 fully saturated rings. The molecule has 0 spiro atoms. The fourth-order valence-electron chi connectivity index (χ4n) is 4.24. The summed E-state index contributed by atoms with van der Waals surface area (Å²) in [6.45, 7) is 2.73. The molecule has 2 aliphatic heterocycles. The molecule has 2 aromatic carbocycles. The van der Waals surface area contributed by atoms with Crippen molar-refractivity contribution in [3.63, 3.8) is 0 Å². The minimum absolute atomic E-state index is 0.180. The van der Waals surface area contributed by atoms with Gasteiger partial charge in [0.2, 0.25) is 18.0 Å². The Labute approximate surface area is 197 Å². The van der Waals surface area contributed by atoms with E-state index in [1.807, 2.05) is 0 Å². The van der Waals surface area contributed by atoms with Crippen LogP contribution >= 0.6 is 0 Å². The minimum Gasteiger partial charge on any atom is -0.494 e. The average molecular weight is 469 g/mol. The van der Waals surface area contributed by atoms with Crippen molar-refractivity contribution in [3.05, 3.63) is 47.5 Å². The highest BCUT2D eigenvalue weighted by molar-refractivity contribution is 6.01. The number of benzene rings is 2. The van der Waals surface area contributed by atoms with Crippen LogP contribution in [0.2, 0.25) is 0 Å². The van der Waals surface area contributed by atoms with Crippen molar-refractivity contribution in [3.8, 4) is 17.2 Å². The van der Waals surface area contributed by atoms with Crippen LogP contribution in [0.5, 0.6) is 17.2 Å². The Bertz CT molecular complexity index is 1080. The van der Waals surface area contributed by atoms with Gasteiger partial charge in [-0.25, -0.2) is 4.79 Å². The third-order valence-electron chi connectivity index (χ3n) is 5.97. The molecule has 0 radical (unpaired) electrons. The smallest absolute Gasteiger partial charge is 0.344 e. The van der Waals surface area contributed by atoms with Gasteiger partial charge in [-0.2, -0.15) is 0 Å². The molecule has 180 valence electrons. The predicted molar refractivity (Wildman–Crippen MR) is 123 cm³/mol. The zero-order valence-electron chi connectivity index (χ0n) is 19.5. The Morgan fingerprint density at radius 3 is 2.56 bits per heavy atom. The zero-order valence-corrected chi connectivity index (χ0v) is 19.5. The van der Waals surface area contributed by atoms with Crippen LogP contribution in [0, 0.1) is 0 Å². The number of unbranched alkanes of at least 4 members (excludes halogenated alkanes) is 1. The number of likely N-dealkylation sites (tertiary alicyclic amines) is 1. The van der Waals surface area contributed by atoms with Crippen molar-refractivity contribution in [2.24, 2.45) is 0 Å². The van der Waals surface area contributed by atoms with Crippen LogP contribution < -0.4 is 19.5 Å². The minimum atomic E-state index is -1.01. The second-order valence-electron chi connectivity index (χ2n) is 8.09. The molecule has 2 aliphatic rings. The third kappa shape index (κ3) is 4.37. The maximum absolute atomic E-state index is 13.1. The predicted octanol–water partition coefficient (Wildman–Crippen LogP) is 3.68. The molecule has 1 N–H and O–H groups in total. The van der Waals surface area contributed by atoms with E-state index in [4.69, 9.17) is 18.9 Å². The molecule has 0 aliphatic carbocycles. The standard InChI is InChI=1S/C25H28N2O7/c1-4-5-14-33-16-8-6-15(7-9-16)26-23(29)18-11-13-20(28)27(18)24-17-10-12-19(31-2)22(32-3)21(17)25(30)34-24/h6-10,12,18,24H,4-5,11,13-14H2,1-3H3,(H,26,29)/t18-,24-/m0/s1. The molecule has 2 aromatic rings. The van der Waals surface area contributed by atoms with Crippen LogP contribution in [0.25, 0.3) is 0 Å². The molecule has 1 saturated heterocycles. The number of nitrogens with one attached hydrogen (secondary N) is 1. The van der Waals surface area contributed by atoms with E-state index in [0.717, 1.165) is 18.6 Å². The third-order valence-corrected chi connectivity index (χ3v) is 5.97. The summed E-state index contributed by atoms with van der Waals surface area (Å²) in [6, 6.07) is 9.60. The van der Waals surface area contributed by atoms with E-state index in [9.17, 15) is 14.4 Å². The van der Waals surface area contributed by atoms with Crippen molar-refractivity contribution < 1.29 is 33.3 Å². The molecular formula is C25H28N2O7. The van der Waals surface area contributed by atoms with Crippen LogP contribution in [-0.4, -0.2) is 49.6 Å². The summed E-state index contributed by atoms with van der Waals surface area (Å²) in [7, 11) is 2.90. The molecule has 2 atom stereocenters. The van der Waals surface area contributed by atoms with Crippen LogP contribution in [0.15, 0.2) is 36.4 Å². The number of ether oxygens (including phenoxy) is 4. The number of cyclic esters (lactones) is 1. The molecule has 4 rings (SSSR count). The summed E-state index contributed by atoms with van der Waals surface area (Å²) in [4.78, 5) is 39.9. The molecule has 34 heavy (non-hydrogen) atoms. The molecule has 0 unspecified atom stereocenters. The largest absolute Gasteiger partial charge is 0.494 e. The SMILES string of the molecule is CCCCOc1ccc(NC(=O)[C@@H]2CCC(=O)N2[C@H]2OC(=O)c3c2ccc(OC)c3OC)cc1. The molecule has 0 aromatic heterocycles. The first-order valence-corrected chi connectivity index (χ1v) is 11.3. The number of esters is 1. The number of hydrogen-bond acceptors (Lipinski definition) is 7. The Morgan fingerprint density at radius 1 is 1.12 bits per heavy atom. The van der Waals surface area contributed by atoms with Gasteiger partial charge in [-0.05, 0) is 49.2 Å². The summed E-state index contributed by atoms with van der Waals surface area (Å²) in [5, 5.41) is 2.85. The van der Waals surface area contributed by atoms with E-state index in [-0.39, 0.29) is 29.5 Å². The highest BCUT2D eigenvalue weighted by atomic mass is 16.6. The zero-order chi connectivity index (χ0) is 24.2. The second kappa shape index (κ2) is 10.0. The van der Waals surface area contributed by atoms with Crippen molar-refractivity contribution in [2.45, 2.75) is 44.9 Å². The molecule has 9 heteroatoms. The number of amides is 2. The van der Waals surface area contributed by atoms with Gasteiger partial charge in [0.1, 0.15) is 17.4 Å². The molecule has 0 saturated carbocycles. The molecular weight excluding hydrogens is 440 g/mol. The lowest BCUT2D eigenvalue weighted by Gasteiger charge is -2.29. The lowest BCUT2D eigenvalue weighted by atomic mass is 10.1. The Kier molecular flexibility index (Phi) is 6.90. The fraction of sp³-hybridized carbons (Fsp3) is 0.400. The average Bonchev–Trinajstić information content (AvgIpc) is 3.39. The summed E-state index contributed by atoms with van der Waals surface area (Å²) < 4.78 is 21.8. The normalized spacial score (nSPS) is 19.0. The first-order chi connectivity index (χ1) is 16.5. The van der Waals surface area contributed by atoms with Crippen molar-refractivity contribution in [1.29, 1.82) is 0 Å². The van der Waals surface area contributed by atoms with Gasteiger partial charge in [-0.15, -0.1) is 0 Å². The van der Waals surface area contributed by atoms with E-state index in [2.05, 4.69) is 12.2 Å². The second-order valence-corrected chi connectivity index (χ2v) is 8.09. The quantitative estimate of drug-likeness (QED) is 0.442. The lowest BCUT2D eigenvalue weighted by Crippen LogP contribution is -2.43. The number of hydrogen-bond donors (Lipinski definition) is 1. The summed E-state index contributed by atoms with van der Waals surface area (Å²) in [5.74, 6) is 0.0939. The molecule has 2 amide bonds. The number of methoxy groups -OCH3 is 2. The molecule has 9 nitrogen and oxygen atoms in total. The number of anilines is 1. The van der Waals surface area contributed by atoms with Crippen LogP contribution in [0.4, 0.5) is 5.69 Å². The molecule has 2 heterocycles. The van der Waals surface area contributed by atoms with Crippen LogP contribution in [0.3, 0.4) is 0 Å². The van der Waals surface area contributed by atoms with Crippen molar-refractivity contribution in [2.75, 3.05) is 26.1 Å². The van der Waals surface area contributed by atoms with E-state index in [0.29, 0.717) is 30.0 Å². The highest BCUT2D eigenvalue weighted by Gasteiger charge is 2.47. The summed E-state index contributed by atoms with van der Waals surface area (Å²) >= 11 is 0.